The lowest BCUT2D eigenvalue weighted by atomic mass is 10.1. The van der Waals surface area contributed by atoms with Crippen LogP contribution in [0.15, 0.2) is 28.7 Å². The molecule has 1 unspecified atom stereocenters. The van der Waals surface area contributed by atoms with E-state index >= 15 is 0 Å². The Morgan fingerprint density at radius 2 is 1.88 bits per heavy atom. The Morgan fingerprint density at radius 3 is 2.47 bits per heavy atom. The Balaban J connectivity index is 2.52. The minimum absolute atomic E-state index is 0.0493. The van der Waals surface area contributed by atoms with Crippen LogP contribution in [-0.4, -0.2) is 0 Å². The molecule has 0 spiro atoms. The molecule has 2 nitrogen and oxygen atoms in total. The molecule has 1 aromatic heterocycles. The van der Waals surface area contributed by atoms with Crippen LogP contribution >= 0.6 is 0 Å². The molecule has 2 N–H and O–H groups in total. The Hall–Kier alpha value is -1.75. The quantitative estimate of drug-likeness (QED) is 0.818. The van der Waals surface area contributed by atoms with Crippen molar-refractivity contribution in [2.24, 2.45) is 5.73 Å². The zero-order valence-corrected chi connectivity index (χ0v) is 9.01. The average molecular weight is 241 g/mol. The highest BCUT2D eigenvalue weighted by Crippen LogP contribution is 2.28. The van der Waals surface area contributed by atoms with Crippen LogP contribution in [0.3, 0.4) is 0 Å². The second-order valence-corrected chi connectivity index (χ2v) is 3.74. The van der Waals surface area contributed by atoms with Gasteiger partial charge in [0.15, 0.2) is 11.6 Å². The van der Waals surface area contributed by atoms with E-state index in [9.17, 15) is 13.2 Å². The van der Waals surface area contributed by atoms with E-state index in [1.807, 2.05) is 0 Å². The molecule has 0 bridgehead atoms. The molecule has 0 aliphatic rings. The molecule has 0 aliphatic heterocycles. The number of halogens is 3. The average Bonchev–Trinajstić information content (AvgIpc) is 2.72. The fourth-order valence-electron chi connectivity index (χ4n) is 1.48. The summed E-state index contributed by atoms with van der Waals surface area (Å²) in [6.07, 6.45) is 0. The van der Waals surface area contributed by atoms with Gasteiger partial charge in [0.05, 0.1) is 11.6 Å². The first-order valence-corrected chi connectivity index (χ1v) is 4.99. The van der Waals surface area contributed by atoms with Crippen molar-refractivity contribution in [1.82, 2.24) is 0 Å². The first-order chi connectivity index (χ1) is 7.99. The summed E-state index contributed by atoms with van der Waals surface area (Å²) in [7, 11) is 0. The van der Waals surface area contributed by atoms with E-state index in [1.54, 1.807) is 13.0 Å². The summed E-state index contributed by atoms with van der Waals surface area (Å²) < 4.78 is 44.7. The van der Waals surface area contributed by atoms with Gasteiger partial charge in [-0.3, -0.25) is 0 Å². The van der Waals surface area contributed by atoms with Crippen molar-refractivity contribution in [3.8, 4) is 11.3 Å². The van der Waals surface area contributed by atoms with Crippen LogP contribution in [0.2, 0.25) is 0 Å². The van der Waals surface area contributed by atoms with Crippen LogP contribution in [0.1, 0.15) is 18.7 Å². The molecule has 2 rings (SSSR count). The normalized spacial score (nSPS) is 12.8. The number of benzene rings is 1. The molecule has 1 aromatic carbocycles. The monoisotopic (exact) mass is 241 g/mol. The first-order valence-electron chi connectivity index (χ1n) is 4.99. The van der Waals surface area contributed by atoms with Gasteiger partial charge in [-0.15, -0.1) is 0 Å². The van der Waals surface area contributed by atoms with Crippen molar-refractivity contribution in [3.05, 3.63) is 47.5 Å². The molecule has 1 atom stereocenters. The molecule has 2 aromatic rings. The second-order valence-electron chi connectivity index (χ2n) is 3.74. The minimum Gasteiger partial charge on any atom is -0.459 e. The van der Waals surface area contributed by atoms with Gasteiger partial charge in [-0.2, -0.15) is 0 Å². The third-order valence-electron chi connectivity index (χ3n) is 2.33. The Morgan fingerprint density at radius 1 is 1.18 bits per heavy atom. The van der Waals surface area contributed by atoms with Crippen molar-refractivity contribution in [1.29, 1.82) is 0 Å². The molecule has 0 aliphatic carbocycles. The number of hydrogen-bond donors (Lipinski definition) is 1. The lowest BCUT2D eigenvalue weighted by molar-refractivity contribution is 0.473. The van der Waals surface area contributed by atoms with Gasteiger partial charge >= 0.3 is 0 Å². The summed E-state index contributed by atoms with van der Waals surface area (Å²) in [6, 6.07) is 3.96. The molecule has 0 amide bonds. The highest BCUT2D eigenvalue weighted by molar-refractivity contribution is 5.58. The van der Waals surface area contributed by atoms with Gasteiger partial charge in [0.25, 0.3) is 0 Å². The number of nitrogens with two attached hydrogens (primary N) is 1. The third-order valence-corrected chi connectivity index (χ3v) is 2.33. The third kappa shape index (κ3) is 2.19. The maximum absolute atomic E-state index is 13.4. The van der Waals surface area contributed by atoms with Crippen molar-refractivity contribution in [3.63, 3.8) is 0 Å². The fourth-order valence-corrected chi connectivity index (χ4v) is 1.48. The molecule has 0 fully saturated rings. The summed E-state index contributed by atoms with van der Waals surface area (Å²) in [4.78, 5) is 0. The van der Waals surface area contributed by atoms with Gasteiger partial charge in [-0.05, 0) is 25.1 Å². The van der Waals surface area contributed by atoms with Crippen molar-refractivity contribution >= 4 is 0 Å². The Bertz CT molecular complexity index is 549. The van der Waals surface area contributed by atoms with E-state index in [0.717, 1.165) is 6.07 Å². The van der Waals surface area contributed by atoms with Gasteiger partial charge < -0.3 is 10.2 Å². The molecular formula is C12H10F3NO. The predicted octanol–water partition coefficient (Wildman–Crippen LogP) is 3.38. The molecule has 0 saturated carbocycles. The predicted molar refractivity (Wildman–Crippen MR) is 56.6 cm³/mol. The summed E-state index contributed by atoms with van der Waals surface area (Å²) in [5.74, 6) is -2.79. The zero-order chi connectivity index (χ0) is 12.6. The van der Waals surface area contributed by atoms with Gasteiger partial charge in [0, 0.05) is 6.07 Å². The highest BCUT2D eigenvalue weighted by atomic mass is 19.2. The summed E-state index contributed by atoms with van der Waals surface area (Å²) >= 11 is 0. The number of hydrogen-bond acceptors (Lipinski definition) is 2. The van der Waals surface area contributed by atoms with Gasteiger partial charge in [0.1, 0.15) is 17.3 Å². The fraction of sp³-hybridized carbons (Fsp3) is 0.167. The van der Waals surface area contributed by atoms with Crippen molar-refractivity contribution in [2.75, 3.05) is 0 Å². The number of rotatable bonds is 2. The van der Waals surface area contributed by atoms with Crippen molar-refractivity contribution in [2.45, 2.75) is 13.0 Å². The minimum atomic E-state index is -1.25. The van der Waals surface area contributed by atoms with Crippen LogP contribution in [0, 0.1) is 17.5 Å². The van der Waals surface area contributed by atoms with Crippen LogP contribution in [0.4, 0.5) is 13.2 Å². The van der Waals surface area contributed by atoms with Crippen molar-refractivity contribution < 1.29 is 17.6 Å². The first kappa shape index (κ1) is 11.7. The van der Waals surface area contributed by atoms with E-state index < -0.39 is 17.5 Å². The van der Waals surface area contributed by atoms with Crippen LogP contribution in [-0.2, 0) is 0 Å². The molecule has 17 heavy (non-hydrogen) atoms. The summed E-state index contributed by atoms with van der Waals surface area (Å²) in [6.45, 7) is 1.69. The van der Waals surface area contributed by atoms with Crippen LogP contribution in [0.5, 0.6) is 0 Å². The standard InChI is InChI=1S/C12H10F3NO/c1-6(16)10-2-3-11(17-10)8-4-7(13)5-9(14)12(8)15/h2-6H,16H2,1H3. The summed E-state index contributed by atoms with van der Waals surface area (Å²) in [5, 5.41) is 0. The second kappa shape index (κ2) is 4.25. The molecule has 0 saturated heterocycles. The number of furan rings is 1. The van der Waals surface area contributed by atoms with Gasteiger partial charge in [0.2, 0.25) is 0 Å². The molecule has 0 radical (unpaired) electrons. The van der Waals surface area contributed by atoms with Crippen LogP contribution in [0.25, 0.3) is 11.3 Å². The Labute approximate surface area is 95.8 Å². The smallest absolute Gasteiger partial charge is 0.169 e. The van der Waals surface area contributed by atoms with Crippen LogP contribution < -0.4 is 5.73 Å². The molecular weight excluding hydrogens is 231 g/mol. The van der Waals surface area contributed by atoms with Gasteiger partial charge in [-0.25, -0.2) is 13.2 Å². The molecule has 5 heteroatoms. The largest absolute Gasteiger partial charge is 0.459 e. The van der Waals surface area contributed by atoms with Gasteiger partial charge in [-0.1, -0.05) is 0 Å². The summed E-state index contributed by atoms with van der Waals surface area (Å²) in [5.41, 5.74) is 5.31. The maximum Gasteiger partial charge on any atom is 0.169 e. The lowest BCUT2D eigenvalue weighted by Crippen LogP contribution is -2.02. The molecule has 90 valence electrons. The highest BCUT2D eigenvalue weighted by Gasteiger charge is 2.16. The topological polar surface area (TPSA) is 39.2 Å². The lowest BCUT2D eigenvalue weighted by Gasteiger charge is -2.02. The van der Waals surface area contributed by atoms with E-state index in [1.165, 1.54) is 6.07 Å². The van der Waals surface area contributed by atoms with E-state index in [0.29, 0.717) is 11.8 Å². The SMILES string of the molecule is CC(N)c1ccc(-c2cc(F)cc(F)c2F)o1. The van der Waals surface area contributed by atoms with E-state index in [-0.39, 0.29) is 17.4 Å². The zero-order valence-electron chi connectivity index (χ0n) is 9.01. The van der Waals surface area contributed by atoms with E-state index in [2.05, 4.69) is 0 Å². The molecule has 1 heterocycles. The maximum atomic E-state index is 13.4. The Kier molecular flexibility index (Phi) is 2.93. The van der Waals surface area contributed by atoms with E-state index in [4.69, 9.17) is 10.2 Å².